The Bertz CT molecular complexity index is 445. The first kappa shape index (κ1) is 13.0. The maximum Gasteiger partial charge on any atom is 0.267 e. The highest BCUT2D eigenvalue weighted by Gasteiger charge is 2.40. The highest BCUT2D eigenvalue weighted by atomic mass is 79.9. The standard InChI is InChI=1S/C11H9Br2F2NO/c12-8-3-7(4-9(13)5-8)10(17)16-2-1-11(14,15)6-16/h3-5H,1-2,6H2. The van der Waals surface area contributed by atoms with E-state index in [9.17, 15) is 13.6 Å². The number of benzene rings is 1. The van der Waals surface area contributed by atoms with E-state index in [1.807, 2.05) is 0 Å². The van der Waals surface area contributed by atoms with E-state index in [2.05, 4.69) is 31.9 Å². The van der Waals surface area contributed by atoms with E-state index in [0.717, 1.165) is 8.95 Å². The molecule has 0 N–H and O–H groups in total. The molecule has 1 fully saturated rings. The first-order valence-electron chi connectivity index (χ1n) is 5.01. The van der Waals surface area contributed by atoms with E-state index in [1.54, 1.807) is 18.2 Å². The molecule has 0 spiro atoms. The summed E-state index contributed by atoms with van der Waals surface area (Å²) in [5.41, 5.74) is 0.406. The number of rotatable bonds is 1. The Morgan fingerprint density at radius 3 is 2.29 bits per heavy atom. The summed E-state index contributed by atoms with van der Waals surface area (Å²) in [5, 5.41) is 0. The molecule has 1 aromatic rings. The van der Waals surface area contributed by atoms with Crippen molar-refractivity contribution in [3.05, 3.63) is 32.7 Å². The first-order chi connectivity index (χ1) is 7.87. The molecule has 0 bridgehead atoms. The number of carbonyl (C=O) groups excluding carboxylic acids is 1. The van der Waals surface area contributed by atoms with Crippen molar-refractivity contribution in [3.8, 4) is 0 Å². The smallest absolute Gasteiger partial charge is 0.267 e. The van der Waals surface area contributed by atoms with E-state index in [4.69, 9.17) is 0 Å². The van der Waals surface area contributed by atoms with Crippen molar-refractivity contribution >= 4 is 37.8 Å². The van der Waals surface area contributed by atoms with Crippen molar-refractivity contribution in [2.24, 2.45) is 0 Å². The Hall–Kier alpha value is -0.490. The molecule has 1 heterocycles. The van der Waals surface area contributed by atoms with Crippen LogP contribution < -0.4 is 0 Å². The second-order valence-corrected chi connectivity index (χ2v) is 5.82. The highest BCUT2D eigenvalue weighted by molar-refractivity contribution is 9.11. The number of nitrogens with zero attached hydrogens (tertiary/aromatic N) is 1. The van der Waals surface area contributed by atoms with Gasteiger partial charge in [-0.25, -0.2) is 8.78 Å². The van der Waals surface area contributed by atoms with Crippen molar-refractivity contribution in [2.45, 2.75) is 12.3 Å². The van der Waals surface area contributed by atoms with Crippen molar-refractivity contribution < 1.29 is 13.6 Å². The summed E-state index contributed by atoms with van der Waals surface area (Å²) in [6, 6.07) is 5.04. The normalized spacial score (nSPS) is 18.5. The van der Waals surface area contributed by atoms with E-state index in [-0.39, 0.29) is 18.9 Å². The molecule has 0 aromatic heterocycles. The van der Waals surface area contributed by atoms with Crippen LogP contribution in [0.15, 0.2) is 27.1 Å². The molecule has 1 amide bonds. The Kier molecular flexibility index (Phi) is 3.54. The van der Waals surface area contributed by atoms with Gasteiger partial charge in [-0.05, 0) is 18.2 Å². The van der Waals surface area contributed by atoms with Crippen LogP contribution in [0.5, 0.6) is 0 Å². The second-order valence-electron chi connectivity index (χ2n) is 3.99. The van der Waals surface area contributed by atoms with Crippen molar-refractivity contribution in [1.29, 1.82) is 0 Å². The lowest BCUT2D eigenvalue weighted by molar-refractivity contribution is 0.0120. The van der Waals surface area contributed by atoms with Gasteiger partial charge in [-0.15, -0.1) is 0 Å². The SMILES string of the molecule is O=C(c1cc(Br)cc(Br)c1)N1CCC(F)(F)C1. The lowest BCUT2D eigenvalue weighted by Gasteiger charge is -2.16. The van der Waals surface area contributed by atoms with Crippen molar-refractivity contribution in [2.75, 3.05) is 13.1 Å². The zero-order chi connectivity index (χ0) is 12.6. The molecule has 1 aliphatic rings. The van der Waals surface area contributed by atoms with Gasteiger partial charge < -0.3 is 4.90 Å². The minimum Gasteiger partial charge on any atom is -0.332 e. The maximum atomic E-state index is 13.0. The Morgan fingerprint density at radius 2 is 1.82 bits per heavy atom. The zero-order valence-electron chi connectivity index (χ0n) is 8.72. The summed E-state index contributed by atoms with van der Waals surface area (Å²) in [6.45, 7) is -0.383. The summed E-state index contributed by atoms with van der Waals surface area (Å²) < 4.78 is 27.5. The molecule has 92 valence electrons. The Morgan fingerprint density at radius 1 is 1.24 bits per heavy atom. The molecule has 17 heavy (non-hydrogen) atoms. The number of halogens is 4. The minimum atomic E-state index is -2.75. The van der Waals surface area contributed by atoms with Crippen LogP contribution in [-0.2, 0) is 0 Å². The van der Waals surface area contributed by atoms with Crippen LogP contribution in [0.25, 0.3) is 0 Å². The maximum absolute atomic E-state index is 13.0. The number of amides is 1. The molecule has 1 saturated heterocycles. The molecule has 0 radical (unpaired) electrons. The monoisotopic (exact) mass is 367 g/mol. The fraction of sp³-hybridized carbons (Fsp3) is 0.364. The van der Waals surface area contributed by atoms with Crippen LogP contribution in [0.3, 0.4) is 0 Å². The second kappa shape index (κ2) is 4.65. The largest absolute Gasteiger partial charge is 0.332 e. The topological polar surface area (TPSA) is 20.3 Å². The Labute approximate surface area is 114 Å². The molecule has 0 aliphatic carbocycles. The van der Waals surface area contributed by atoms with Gasteiger partial charge in [0.1, 0.15) is 0 Å². The van der Waals surface area contributed by atoms with Gasteiger partial charge in [0, 0.05) is 27.5 Å². The predicted molar refractivity (Wildman–Crippen MR) is 67.3 cm³/mol. The van der Waals surface area contributed by atoms with E-state index >= 15 is 0 Å². The Balaban J connectivity index is 2.20. The quantitative estimate of drug-likeness (QED) is 0.740. The van der Waals surface area contributed by atoms with Gasteiger partial charge >= 0.3 is 0 Å². The van der Waals surface area contributed by atoms with Gasteiger partial charge in [-0.2, -0.15) is 0 Å². The molecule has 0 unspecified atom stereocenters. The van der Waals surface area contributed by atoms with Crippen molar-refractivity contribution in [1.82, 2.24) is 4.90 Å². The van der Waals surface area contributed by atoms with Crippen LogP contribution in [0.2, 0.25) is 0 Å². The van der Waals surface area contributed by atoms with Crippen LogP contribution in [-0.4, -0.2) is 29.8 Å². The number of carbonyl (C=O) groups is 1. The third-order valence-corrected chi connectivity index (χ3v) is 3.48. The molecule has 6 heteroatoms. The van der Waals surface area contributed by atoms with Gasteiger partial charge in [-0.3, -0.25) is 4.79 Å². The summed E-state index contributed by atoms with van der Waals surface area (Å²) in [6.07, 6.45) is -0.256. The van der Waals surface area contributed by atoms with Gasteiger partial charge in [-0.1, -0.05) is 31.9 Å². The zero-order valence-corrected chi connectivity index (χ0v) is 11.9. The fourth-order valence-electron chi connectivity index (χ4n) is 1.77. The molecule has 0 atom stereocenters. The summed E-state index contributed by atoms with van der Waals surface area (Å²) in [4.78, 5) is 13.2. The molecule has 2 nitrogen and oxygen atoms in total. The fourth-order valence-corrected chi connectivity index (χ4v) is 3.06. The third kappa shape index (κ3) is 3.04. The lowest BCUT2D eigenvalue weighted by Crippen LogP contribution is -2.31. The summed E-state index contributed by atoms with van der Waals surface area (Å²) in [7, 11) is 0. The molecule has 2 rings (SSSR count). The molecule has 1 aliphatic heterocycles. The van der Waals surface area contributed by atoms with Crippen LogP contribution in [0, 0.1) is 0 Å². The third-order valence-electron chi connectivity index (χ3n) is 2.57. The number of hydrogen-bond donors (Lipinski definition) is 0. The number of hydrogen-bond acceptors (Lipinski definition) is 1. The van der Waals surface area contributed by atoms with Gasteiger partial charge in [0.25, 0.3) is 11.8 Å². The molecular weight excluding hydrogens is 360 g/mol. The van der Waals surface area contributed by atoms with Crippen LogP contribution in [0.4, 0.5) is 8.78 Å². The summed E-state index contributed by atoms with van der Waals surface area (Å²) in [5.74, 6) is -3.11. The van der Waals surface area contributed by atoms with E-state index in [1.165, 1.54) is 4.90 Å². The van der Waals surface area contributed by atoms with Crippen molar-refractivity contribution in [3.63, 3.8) is 0 Å². The average molecular weight is 369 g/mol. The average Bonchev–Trinajstić information content (AvgIpc) is 2.56. The summed E-state index contributed by atoms with van der Waals surface area (Å²) >= 11 is 6.53. The molecular formula is C11H9Br2F2NO. The predicted octanol–water partition coefficient (Wildman–Crippen LogP) is 3.69. The van der Waals surface area contributed by atoms with Gasteiger partial charge in [0.2, 0.25) is 0 Å². The highest BCUT2D eigenvalue weighted by Crippen LogP contribution is 2.29. The van der Waals surface area contributed by atoms with Gasteiger partial charge in [0.05, 0.1) is 6.54 Å². The van der Waals surface area contributed by atoms with Crippen LogP contribution in [0.1, 0.15) is 16.8 Å². The lowest BCUT2D eigenvalue weighted by atomic mass is 10.2. The van der Waals surface area contributed by atoms with E-state index < -0.39 is 12.5 Å². The van der Waals surface area contributed by atoms with Gasteiger partial charge in [0.15, 0.2) is 0 Å². The number of likely N-dealkylation sites (tertiary alicyclic amines) is 1. The van der Waals surface area contributed by atoms with Crippen LogP contribution >= 0.6 is 31.9 Å². The first-order valence-corrected chi connectivity index (χ1v) is 6.59. The van der Waals surface area contributed by atoms with E-state index in [0.29, 0.717) is 5.56 Å². The number of alkyl halides is 2. The molecule has 0 saturated carbocycles. The minimum absolute atomic E-state index is 0.107. The molecule has 1 aromatic carbocycles.